The Bertz CT molecular complexity index is 847. The Morgan fingerprint density at radius 2 is 2.00 bits per heavy atom. The van der Waals surface area contributed by atoms with E-state index in [2.05, 4.69) is 28.3 Å². The van der Waals surface area contributed by atoms with E-state index in [1.165, 1.54) is 18.0 Å². The van der Waals surface area contributed by atoms with Gasteiger partial charge in [-0.3, -0.25) is 9.47 Å². The third-order valence-corrected chi connectivity index (χ3v) is 5.45. The van der Waals surface area contributed by atoms with Crippen LogP contribution in [0.4, 0.5) is 25.0 Å². The lowest BCUT2D eigenvalue weighted by Crippen LogP contribution is -2.49. The number of likely N-dealkylation sites (N-methyl/N-ethyl adjacent to an activating group) is 1. The van der Waals surface area contributed by atoms with Crippen LogP contribution in [-0.4, -0.2) is 65.2 Å². The van der Waals surface area contributed by atoms with Gasteiger partial charge in [0, 0.05) is 63.5 Å². The first-order valence-corrected chi connectivity index (χ1v) is 9.43. The molecule has 4 rings (SSSR count). The van der Waals surface area contributed by atoms with Crippen LogP contribution in [0, 0.1) is 0 Å². The highest BCUT2D eigenvalue weighted by Crippen LogP contribution is 2.29. The van der Waals surface area contributed by atoms with E-state index < -0.39 is 6.55 Å². The molecule has 28 heavy (non-hydrogen) atoms. The van der Waals surface area contributed by atoms with Gasteiger partial charge in [-0.1, -0.05) is 6.07 Å². The van der Waals surface area contributed by atoms with Crippen molar-refractivity contribution in [3.05, 3.63) is 42.0 Å². The third kappa shape index (κ3) is 3.80. The molecule has 2 aromatic rings. The van der Waals surface area contributed by atoms with Crippen LogP contribution >= 0.6 is 0 Å². The number of amides is 2. The summed E-state index contributed by atoms with van der Waals surface area (Å²) in [6.45, 7) is 1.10. The van der Waals surface area contributed by atoms with Gasteiger partial charge in [-0.05, 0) is 24.1 Å². The lowest BCUT2D eigenvalue weighted by atomic mass is 10.1. The number of benzene rings is 1. The van der Waals surface area contributed by atoms with E-state index in [0.717, 1.165) is 28.9 Å². The summed E-state index contributed by atoms with van der Waals surface area (Å²) in [5.74, 6) is 0.343. The van der Waals surface area contributed by atoms with Crippen molar-refractivity contribution >= 4 is 17.4 Å². The molecule has 0 aliphatic carbocycles. The molecule has 1 aromatic carbocycles. The fraction of sp³-hybridized carbons (Fsp3) is 0.474. The van der Waals surface area contributed by atoms with Crippen LogP contribution < -0.4 is 10.2 Å². The Labute approximate surface area is 162 Å². The van der Waals surface area contributed by atoms with Gasteiger partial charge in [0.2, 0.25) is 0 Å². The first-order chi connectivity index (χ1) is 13.5. The highest BCUT2D eigenvalue weighted by Gasteiger charge is 2.24. The molecule has 7 nitrogen and oxygen atoms in total. The van der Waals surface area contributed by atoms with Gasteiger partial charge in [0.05, 0.1) is 6.54 Å². The van der Waals surface area contributed by atoms with Gasteiger partial charge in [-0.15, -0.1) is 0 Å². The molecule has 0 atom stereocenters. The van der Waals surface area contributed by atoms with Gasteiger partial charge in [-0.25, -0.2) is 9.78 Å². The summed E-state index contributed by atoms with van der Waals surface area (Å²) < 4.78 is 26.8. The number of hydrogen-bond acceptors (Lipinski definition) is 4. The van der Waals surface area contributed by atoms with Crippen LogP contribution in [0.2, 0.25) is 0 Å². The minimum Gasteiger partial charge on any atom is -0.374 e. The zero-order chi connectivity index (χ0) is 19.7. The summed E-state index contributed by atoms with van der Waals surface area (Å²) in [6.07, 6.45) is 3.71. The highest BCUT2D eigenvalue weighted by atomic mass is 19.3. The topological polar surface area (TPSA) is 56.6 Å². The molecule has 9 heteroatoms. The zero-order valence-electron chi connectivity index (χ0n) is 15.8. The summed E-state index contributed by atoms with van der Waals surface area (Å²) >= 11 is 0. The second kappa shape index (κ2) is 7.75. The second-order valence-electron chi connectivity index (χ2n) is 7.24. The molecule has 0 bridgehead atoms. The van der Waals surface area contributed by atoms with Crippen LogP contribution in [0.5, 0.6) is 0 Å². The minimum atomic E-state index is -2.59. The number of imidazole rings is 1. The highest BCUT2D eigenvalue weighted by molar-refractivity contribution is 5.90. The van der Waals surface area contributed by atoms with Crippen molar-refractivity contribution in [3.63, 3.8) is 0 Å². The summed E-state index contributed by atoms with van der Waals surface area (Å²) in [5, 5.41) is 2.97. The maximum absolute atomic E-state index is 12.9. The first kappa shape index (κ1) is 18.7. The normalized spacial score (nSPS) is 17.3. The van der Waals surface area contributed by atoms with Crippen LogP contribution in [0.15, 0.2) is 30.6 Å². The minimum absolute atomic E-state index is 0.130. The number of carbonyl (C=O) groups excluding carboxylic acids is 1. The summed E-state index contributed by atoms with van der Waals surface area (Å²) in [5.41, 5.74) is 3.26. The number of hydrogen-bond donors (Lipinski definition) is 1. The van der Waals surface area contributed by atoms with Crippen LogP contribution in [0.3, 0.4) is 0 Å². The van der Waals surface area contributed by atoms with E-state index in [-0.39, 0.29) is 6.03 Å². The van der Waals surface area contributed by atoms with Crippen molar-refractivity contribution in [3.8, 4) is 0 Å². The number of urea groups is 1. The molecule has 150 valence electrons. The molecule has 1 N–H and O–H groups in total. The molecule has 2 aliphatic rings. The van der Waals surface area contributed by atoms with E-state index in [1.54, 1.807) is 4.90 Å². The zero-order valence-corrected chi connectivity index (χ0v) is 15.8. The molecule has 0 unspecified atom stereocenters. The summed E-state index contributed by atoms with van der Waals surface area (Å²) in [4.78, 5) is 22.6. The number of carbonyl (C=O) groups is 1. The third-order valence-electron chi connectivity index (χ3n) is 5.45. The second-order valence-corrected chi connectivity index (χ2v) is 7.24. The van der Waals surface area contributed by atoms with E-state index in [4.69, 9.17) is 0 Å². The van der Waals surface area contributed by atoms with Gasteiger partial charge in [0.1, 0.15) is 5.82 Å². The Morgan fingerprint density at radius 3 is 2.75 bits per heavy atom. The largest absolute Gasteiger partial charge is 0.374 e. The van der Waals surface area contributed by atoms with Crippen LogP contribution in [0.1, 0.15) is 17.9 Å². The fourth-order valence-corrected chi connectivity index (χ4v) is 3.77. The molecule has 1 saturated heterocycles. The Balaban J connectivity index is 1.31. The molecular weight excluding hydrogens is 366 g/mol. The van der Waals surface area contributed by atoms with Gasteiger partial charge in [-0.2, -0.15) is 8.78 Å². The Hall–Kier alpha value is -2.68. The molecule has 1 fully saturated rings. The van der Waals surface area contributed by atoms with Crippen LogP contribution in [-0.2, 0) is 13.0 Å². The van der Waals surface area contributed by atoms with E-state index >= 15 is 0 Å². The molecule has 3 heterocycles. The first-order valence-electron chi connectivity index (χ1n) is 9.43. The molecule has 0 saturated carbocycles. The Kier molecular flexibility index (Phi) is 5.17. The van der Waals surface area contributed by atoms with E-state index in [0.29, 0.717) is 38.5 Å². The quantitative estimate of drug-likeness (QED) is 0.872. The number of rotatable bonds is 4. The maximum atomic E-state index is 12.9. The molecular formula is C19H24F2N6O. The molecule has 2 amide bonds. The summed E-state index contributed by atoms with van der Waals surface area (Å²) in [6, 6.07) is 5.89. The van der Waals surface area contributed by atoms with Crippen molar-refractivity contribution in [1.29, 1.82) is 0 Å². The fourth-order valence-electron chi connectivity index (χ4n) is 3.77. The monoisotopic (exact) mass is 390 g/mol. The number of nitrogens with zero attached hydrogens (tertiary/aromatic N) is 5. The standard InChI is InChI=1S/C19H24F2N6O/c1-24-6-4-14-2-3-15(12-16(14)24)23-19(28)26-10-8-25(9-11-26)13-17-22-5-7-27(17)18(20)21/h2-3,5,7,12,18H,4,6,8-11,13H2,1H3,(H,23,28). The number of fused-ring (bicyclic) bond motifs is 1. The number of anilines is 2. The molecule has 2 aliphatic heterocycles. The number of nitrogens with one attached hydrogen (secondary N) is 1. The molecule has 0 spiro atoms. The summed E-state index contributed by atoms with van der Waals surface area (Å²) in [7, 11) is 2.05. The molecule has 1 aromatic heterocycles. The number of alkyl halides is 2. The number of piperazine rings is 1. The smallest absolute Gasteiger partial charge is 0.321 e. The van der Waals surface area contributed by atoms with Crippen molar-refractivity contribution in [1.82, 2.24) is 19.4 Å². The van der Waals surface area contributed by atoms with Crippen LogP contribution in [0.25, 0.3) is 0 Å². The van der Waals surface area contributed by atoms with Crippen molar-refractivity contribution in [2.45, 2.75) is 19.5 Å². The van der Waals surface area contributed by atoms with Gasteiger partial charge in [0.15, 0.2) is 0 Å². The van der Waals surface area contributed by atoms with Crippen molar-refractivity contribution in [2.75, 3.05) is 50.0 Å². The lowest BCUT2D eigenvalue weighted by Gasteiger charge is -2.34. The van der Waals surface area contributed by atoms with Gasteiger partial charge < -0.3 is 15.1 Å². The SMILES string of the molecule is CN1CCc2ccc(NC(=O)N3CCN(Cc4nccn4C(F)F)CC3)cc21. The van der Waals surface area contributed by atoms with Gasteiger partial charge >= 0.3 is 12.6 Å². The van der Waals surface area contributed by atoms with Gasteiger partial charge in [0.25, 0.3) is 0 Å². The van der Waals surface area contributed by atoms with E-state index in [9.17, 15) is 13.6 Å². The molecule has 0 radical (unpaired) electrons. The van der Waals surface area contributed by atoms with Crippen molar-refractivity contribution < 1.29 is 13.6 Å². The number of aromatic nitrogens is 2. The average molecular weight is 390 g/mol. The lowest BCUT2D eigenvalue weighted by molar-refractivity contribution is 0.0620. The Morgan fingerprint density at radius 1 is 1.21 bits per heavy atom. The maximum Gasteiger partial charge on any atom is 0.321 e. The van der Waals surface area contributed by atoms with Crippen molar-refractivity contribution in [2.24, 2.45) is 0 Å². The van der Waals surface area contributed by atoms with E-state index in [1.807, 2.05) is 17.0 Å². The number of halogens is 2. The predicted octanol–water partition coefficient (Wildman–Crippen LogP) is 2.62. The average Bonchev–Trinajstić information content (AvgIpc) is 3.29. The predicted molar refractivity (Wildman–Crippen MR) is 103 cm³/mol.